The lowest BCUT2D eigenvalue weighted by molar-refractivity contribution is 0.572. The molecule has 0 saturated heterocycles. The summed E-state index contributed by atoms with van der Waals surface area (Å²) in [7, 11) is 0. The van der Waals surface area contributed by atoms with Gasteiger partial charge in [-0.15, -0.1) is 0 Å². The van der Waals surface area contributed by atoms with E-state index in [2.05, 4.69) is 55.5 Å². The summed E-state index contributed by atoms with van der Waals surface area (Å²) in [6, 6.07) is 35.5. The highest BCUT2D eigenvalue weighted by atomic mass is 16.1. The fraction of sp³-hybridized carbons (Fsp3) is 0.111. The minimum Gasteiger partial charge on any atom is -0.338 e. The molecule has 0 saturated carbocycles. The Labute approximate surface area is 251 Å². The molecule has 4 aromatic carbocycles. The average Bonchev–Trinajstić information content (AvgIpc) is 3.62. The molecule has 0 spiro atoms. The third-order valence-electron chi connectivity index (χ3n) is 8.35. The van der Waals surface area contributed by atoms with Crippen molar-refractivity contribution >= 4 is 43.6 Å². The first-order chi connectivity index (χ1) is 21.6. The molecule has 0 radical (unpaired) electrons. The first-order valence-corrected chi connectivity index (χ1v) is 14.8. The Hall–Kier alpha value is -5.76. The van der Waals surface area contributed by atoms with Crippen molar-refractivity contribution in [3.63, 3.8) is 0 Å². The van der Waals surface area contributed by atoms with Crippen LogP contribution in [0, 0.1) is 0 Å². The molecular weight excluding hydrogens is 548 g/mol. The standard InChI is InChI=1S/C36H28N6O2/c43-35-25-13-3-5-15-27(25)37-33(39-35)31-21-23-11-1-7-17-29(23)41(31)19-9-10-20-42-30-18-8-2-12-24(30)22-32(42)34-38-28-16-6-4-14-26(28)36(44)40-34/h1-8,11-18,21-22H,9-10,19-20H2,(H,37,39,43)(H,38,40,44). The summed E-state index contributed by atoms with van der Waals surface area (Å²) in [4.78, 5) is 41.5. The molecule has 8 aromatic rings. The highest BCUT2D eigenvalue weighted by Gasteiger charge is 2.16. The number of aryl methyl sites for hydroxylation is 2. The molecule has 0 aliphatic carbocycles. The number of hydrogen-bond donors (Lipinski definition) is 2. The van der Waals surface area contributed by atoms with Gasteiger partial charge in [-0.2, -0.15) is 0 Å². The fourth-order valence-corrected chi connectivity index (χ4v) is 6.25. The zero-order valence-electron chi connectivity index (χ0n) is 23.8. The van der Waals surface area contributed by atoms with Crippen molar-refractivity contribution in [2.24, 2.45) is 0 Å². The van der Waals surface area contributed by atoms with E-state index in [4.69, 9.17) is 9.97 Å². The lowest BCUT2D eigenvalue weighted by Gasteiger charge is -2.13. The number of aromatic amines is 2. The van der Waals surface area contributed by atoms with E-state index in [1.165, 1.54) is 0 Å². The molecule has 2 N–H and O–H groups in total. The highest BCUT2D eigenvalue weighted by Crippen LogP contribution is 2.29. The monoisotopic (exact) mass is 576 g/mol. The third-order valence-corrected chi connectivity index (χ3v) is 8.35. The van der Waals surface area contributed by atoms with E-state index < -0.39 is 0 Å². The second-order valence-electron chi connectivity index (χ2n) is 11.1. The Morgan fingerprint density at radius 3 is 1.41 bits per heavy atom. The smallest absolute Gasteiger partial charge is 0.259 e. The van der Waals surface area contributed by atoms with E-state index in [1.54, 1.807) is 12.1 Å². The van der Waals surface area contributed by atoms with E-state index >= 15 is 0 Å². The van der Waals surface area contributed by atoms with Crippen LogP contribution in [0.5, 0.6) is 0 Å². The zero-order valence-corrected chi connectivity index (χ0v) is 23.8. The zero-order chi connectivity index (χ0) is 29.6. The summed E-state index contributed by atoms with van der Waals surface area (Å²) in [6.45, 7) is 1.50. The average molecular weight is 577 g/mol. The molecule has 214 valence electrons. The molecule has 4 aromatic heterocycles. The first kappa shape index (κ1) is 25.9. The number of para-hydroxylation sites is 4. The van der Waals surface area contributed by atoms with Crippen molar-refractivity contribution in [1.29, 1.82) is 0 Å². The lowest BCUT2D eigenvalue weighted by atomic mass is 10.2. The Balaban J connectivity index is 1.12. The maximum Gasteiger partial charge on any atom is 0.259 e. The third kappa shape index (κ3) is 4.39. The number of nitrogens with zero attached hydrogens (tertiary/aromatic N) is 4. The van der Waals surface area contributed by atoms with Gasteiger partial charge in [0.15, 0.2) is 11.6 Å². The van der Waals surface area contributed by atoms with Gasteiger partial charge >= 0.3 is 0 Å². The van der Waals surface area contributed by atoms with Crippen molar-refractivity contribution in [2.45, 2.75) is 25.9 Å². The van der Waals surface area contributed by atoms with Gasteiger partial charge in [0.05, 0.1) is 33.2 Å². The minimum atomic E-state index is -0.144. The summed E-state index contributed by atoms with van der Waals surface area (Å²) in [6.07, 6.45) is 1.77. The number of rotatable bonds is 7. The van der Waals surface area contributed by atoms with Gasteiger partial charge < -0.3 is 19.1 Å². The summed E-state index contributed by atoms with van der Waals surface area (Å²) < 4.78 is 4.50. The number of H-pyrrole nitrogens is 2. The summed E-state index contributed by atoms with van der Waals surface area (Å²) in [5.41, 5.74) is 5.04. The van der Waals surface area contributed by atoms with Crippen LogP contribution < -0.4 is 11.1 Å². The van der Waals surface area contributed by atoms with E-state index in [9.17, 15) is 9.59 Å². The van der Waals surface area contributed by atoms with E-state index in [0.717, 1.165) is 59.1 Å². The molecule has 0 unspecified atom stereocenters. The van der Waals surface area contributed by atoms with Gasteiger partial charge in [-0.05, 0) is 61.4 Å². The van der Waals surface area contributed by atoms with Crippen LogP contribution >= 0.6 is 0 Å². The van der Waals surface area contributed by atoms with Crippen LogP contribution in [0.15, 0.2) is 119 Å². The molecule has 8 rings (SSSR count). The Kier molecular flexibility index (Phi) is 6.19. The number of hydrogen-bond acceptors (Lipinski definition) is 4. The molecule has 0 fully saturated rings. The van der Waals surface area contributed by atoms with Crippen molar-refractivity contribution in [3.05, 3.63) is 130 Å². The number of benzene rings is 4. The molecule has 0 amide bonds. The quantitative estimate of drug-likeness (QED) is 0.202. The van der Waals surface area contributed by atoms with Crippen LogP contribution in [0.25, 0.3) is 66.6 Å². The van der Waals surface area contributed by atoms with Crippen LogP contribution in [0.2, 0.25) is 0 Å². The van der Waals surface area contributed by atoms with E-state index in [1.807, 2.05) is 60.7 Å². The SMILES string of the molecule is O=c1[nH]c(-c2cc3ccccc3n2CCCCn2c(-c3nc4ccccc4c(=O)[nH]3)cc3ccccc32)nc2ccccc12. The molecule has 0 aliphatic rings. The van der Waals surface area contributed by atoms with Gasteiger partial charge in [0.25, 0.3) is 11.1 Å². The molecule has 8 heteroatoms. The lowest BCUT2D eigenvalue weighted by Crippen LogP contribution is -2.12. The molecule has 0 atom stereocenters. The van der Waals surface area contributed by atoms with E-state index in [-0.39, 0.29) is 11.1 Å². The van der Waals surface area contributed by atoms with Gasteiger partial charge in [-0.3, -0.25) is 9.59 Å². The number of unbranched alkanes of at least 4 members (excludes halogenated alkanes) is 1. The van der Waals surface area contributed by atoms with Crippen LogP contribution in [-0.4, -0.2) is 29.1 Å². The van der Waals surface area contributed by atoms with Crippen LogP contribution in [-0.2, 0) is 13.1 Å². The van der Waals surface area contributed by atoms with Crippen LogP contribution in [0.3, 0.4) is 0 Å². The topological polar surface area (TPSA) is 101 Å². The molecule has 44 heavy (non-hydrogen) atoms. The minimum absolute atomic E-state index is 0.144. The van der Waals surface area contributed by atoms with Crippen LogP contribution in [0.4, 0.5) is 0 Å². The van der Waals surface area contributed by atoms with Crippen molar-refractivity contribution in [2.75, 3.05) is 0 Å². The second-order valence-corrected chi connectivity index (χ2v) is 11.1. The van der Waals surface area contributed by atoms with Gasteiger partial charge in [-0.1, -0.05) is 60.7 Å². The van der Waals surface area contributed by atoms with Gasteiger partial charge in [0, 0.05) is 34.9 Å². The van der Waals surface area contributed by atoms with Gasteiger partial charge in [-0.25, -0.2) is 9.97 Å². The van der Waals surface area contributed by atoms with Crippen molar-refractivity contribution in [1.82, 2.24) is 29.1 Å². The van der Waals surface area contributed by atoms with E-state index in [0.29, 0.717) is 33.5 Å². The summed E-state index contributed by atoms with van der Waals surface area (Å²) >= 11 is 0. The first-order valence-electron chi connectivity index (χ1n) is 14.8. The predicted molar refractivity (Wildman–Crippen MR) is 176 cm³/mol. The Morgan fingerprint density at radius 2 is 0.932 bits per heavy atom. The molecule has 4 heterocycles. The number of aromatic nitrogens is 6. The van der Waals surface area contributed by atoms with Crippen molar-refractivity contribution in [3.8, 4) is 23.0 Å². The maximum atomic E-state index is 12.9. The molecule has 0 bridgehead atoms. The maximum absolute atomic E-state index is 12.9. The summed E-state index contributed by atoms with van der Waals surface area (Å²) in [5, 5.41) is 3.36. The Bertz CT molecular complexity index is 2290. The van der Waals surface area contributed by atoms with Crippen molar-refractivity contribution < 1.29 is 0 Å². The highest BCUT2D eigenvalue weighted by molar-refractivity contribution is 5.88. The molecule has 8 nitrogen and oxygen atoms in total. The normalized spacial score (nSPS) is 11.7. The van der Waals surface area contributed by atoms with Gasteiger partial charge in [0.1, 0.15) is 0 Å². The second kappa shape index (κ2) is 10.5. The predicted octanol–water partition coefficient (Wildman–Crippen LogP) is 6.88. The summed E-state index contributed by atoms with van der Waals surface area (Å²) in [5.74, 6) is 1.13. The number of nitrogens with one attached hydrogen (secondary N) is 2. The Morgan fingerprint density at radius 1 is 0.523 bits per heavy atom. The fourth-order valence-electron chi connectivity index (χ4n) is 6.25. The number of fused-ring (bicyclic) bond motifs is 4. The van der Waals surface area contributed by atoms with Crippen LogP contribution in [0.1, 0.15) is 12.8 Å². The molecular formula is C36H28N6O2. The van der Waals surface area contributed by atoms with Gasteiger partial charge in [0.2, 0.25) is 0 Å². The molecule has 0 aliphatic heterocycles. The largest absolute Gasteiger partial charge is 0.338 e.